The summed E-state index contributed by atoms with van der Waals surface area (Å²) < 4.78 is 7.47. The molecule has 29 heavy (non-hydrogen) atoms. The van der Waals surface area contributed by atoms with Crippen LogP contribution >= 0.6 is 0 Å². The molecule has 1 aromatic heterocycles. The van der Waals surface area contributed by atoms with Crippen LogP contribution in [0.2, 0.25) is 0 Å². The third kappa shape index (κ3) is 4.33. The molecule has 0 saturated carbocycles. The third-order valence-electron chi connectivity index (χ3n) is 5.19. The second kappa shape index (κ2) is 8.50. The Bertz CT molecular complexity index is 908. The Morgan fingerprint density at radius 3 is 3.10 bits per heavy atom. The van der Waals surface area contributed by atoms with E-state index in [-0.39, 0.29) is 18.6 Å². The minimum atomic E-state index is -0.00709. The van der Waals surface area contributed by atoms with Crippen LogP contribution in [0.4, 0.5) is 5.69 Å². The van der Waals surface area contributed by atoms with Gasteiger partial charge in [0.1, 0.15) is 17.4 Å². The number of benzene rings is 1. The van der Waals surface area contributed by atoms with Crippen molar-refractivity contribution < 1.29 is 9.53 Å². The van der Waals surface area contributed by atoms with Crippen LogP contribution in [0.5, 0.6) is 5.75 Å². The molecule has 1 atom stereocenters. The lowest BCUT2D eigenvalue weighted by Crippen LogP contribution is -2.47. The summed E-state index contributed by atoms with van der Waals surface area (Å²) in [7, 11) is 1.77. The summed E-state index contributed by atoms with van der Waals surface area (Å²) >= 11 is 0. The van der Waals surface area contributed by atoms with Crippen LogP contribution in [0.1, 0.15) is 24.5 Å². The quantitative estimate of drug-likeness (QED) is 0.442. The van der Waals surface area contributed by atoms with Crippen molar-refractivity contribution in [2.75, 3.05) is 31.6 Å². The Balaban J connectivity index is 1.25. The molecule has 4 rings (SSSR count). The number of hydrogen-bond acceptors (Lipinski definition) is 5. The van der Waals surface area contributed by atoms with Gasteiger partial charge in [0, 0.05) is 32.6 Å². The molecule has 1 aromatic carbocycles. The maximum Gasteiger partial charge on any atom is 0.265 e. The first-order valence-corrected chi connectivity index (χ1v) is 10.0. The van der Waals surface area contributed by atoms with Crippen molar-refractivity contribution >= 4 is 17.6 Å². The van der Waals surface area contributed by atoms with Crippen LogP contribution in [0.3, 0.4) is 0 Å². The monoisotopic (exact) mass is 397 g/mol. The lowest BCUT2D eigenvalue weighted by atomic mass is 10.1. The molecular weight excluding hydrogens is 370 g/mol. The van der Waals surface area contributed by atoms with Crippen molar-refractivity contribution in [3.63, 3.8) is 0 Å². The summed E-state index contributed by atoms with van der Waals surface area (Å²) in [5.41, 5.74) is 0.840. The molecule has 0 fully saturated rings. The van der Waals surface area contributed by atoms with Crippen molar-refractivity contribution in [1.82, 2.24) is 25.4 Å². The van der Waals surface area contributed by atoms with Crippen molar-refractivity contribution in [2.45, 2.75) is 38.8 Å². The van der Waals surface area contributed by atoms with E-state index in [0.29, 0.717) is 13.1 Å². The summed E-state index contributed by atoms with van der Waals surface area (Å²) in [5, 5.41) is 11.3. The van der Waals surface area contributed by atoms with Crippen molar-refractivity contribution in [1.29, 1.82) is 0 Å². The smallest absolute Gasteiger partial charge is 0.265 e. The molecule has 1 unspecified atom stereocenters. The predicted octanol–water partition coefficient (Wildman–Crippen LogP) is 0.882. The molecule has 0 saturated heterocycles. The van der Waals surface area contributed by atoms with Crippen LogP contribution in [0.15, 0.2) is 29.3 Å². The molecule has 2 N–H and O–H groups in total. The molecule has 0 bridgehead atoms. The highest BCUT2D eigenvalue weighted by atomic mass is 16.5. The van der Waals surface area contributed by atoms with Gasteiger partial charge in [0.15, 0.2) is 12.6 Å². The topological polar surface area (TPSA) is 96.7 Å². The molecule has 2 aromatic rings. The van der Waals surface area contributed by atoms with E-state index in [1.54, 1.807) is 11.9 Å². The number of para-hydroxylation sites is 2. The predicted molar refractivity (Wildman–Crippen MR) is 110 cm³/mol. The Morgan fingerprint density at radius 2 is 2.24 bits per heavy atom. The number of guanidine groups is 1. The van der Waals surface area contributed by atoms with E-state index < -0.39 is 0 Å². The van der Waals surface area contributed by atoms with Gasteiger partial charge in [-0.25, -0.2) is 9.67 Å². The molecule has 2 aliphatic heterocycles. The molecule has 9 nitrogen and oxygen atoms in total. The van der Waals surface area contributed by atoms with Crippen molar-refractivity contribution in [3.05, 3.63) is 35.9 Å². The zero-order valence-corrected chi connectivity index (χ0v) is 16.9. The third-order valence-corrected chi connectivity index (χ3v) is 5.19. The number of ether oxygens (including phenoxy) is 1. The largest absolute Gasteiger partial charge is 0.482 e. The van der Waals surface area contributed by atoms with Crippen LogP contribution in [-0.2, 0) is 17.8 Å². The van der Waals surface area contributed by atoms with Gasteiger partial charge in [0.25, 0.3) is 5.91 Å². The van der Waals surface area contributed by atoms with Gasteiger partial charge in [-0.15, -0.1) is 0 Å². The molecular formula is C20H27N7O2. The van der Waals surface area contributed by atoms with E-state index in [1.807, 2.05) is 35.9 Å². The Hall–Kier alpha value is -3.10. The molecule has 3 heterocycles. The number of carbonyl (C=O) groups is 1. The van der Waals surface area contributed by atoms with E-state index in [1.165, 1.54) is 0 Å². The fraction of sp³-hybridized carbons (Fsp3) is 0.500. The van der Waals surface area contributed by atoms with Gasteiger partial charge in [-0.3, -0.25) is 9.79 Å². The Morgan fingerprint density at radius 1 is 1.38 bits per heavy atom. The van der Waals surface area contributed by atoms with Gasteiger partial charge >= 0.3 is 0 Å². The average molecular weight is 397 g/mol. The lowest BCUT2D eigenvalue weighted by molar-refractivity contribution is -0.121. The first-order valence-electron chi connectivity index (χ1n) is 10.0. The van der Waals surface area contributed by atoms with Crippen LogP contribution < -0.4 is 20.3 Å². The number of aromatic nitrogens is 3. The maximum atomic E-state index is 12.2. The summed E-state index contributed by atoms with van der Waals surface area (Å²) in [6.07, 6.45) is 2.71. The number of nitrogens with one attached hydrogen (secondary N) is 2. The zero-order chi connectivity index (χ0) is 20.2. The molecule has 154 valence electrons. The lowest BCUT2D eigenvalue weighted by Gasteiger charge is -2.29. The van der Waals surface area contributed by atoms with Gasteiger partial charge in [-0.1, -0.05) is 12.1 Å². The number of hydrogen-bond donors (Lipinski definition) is 2. The number of fused-ring (bicyclic) bond motifs is 2. The summed E-state index contributed by atoms with van der Waals surface area (Å²) in [5.74, 6) is 3.40. The molecule has 2 aliphatic rings. The van der Waals surface area contributed by atoms with E-state index in [4.69, 9.17) is 4.74 Å². The number of anilines is 1. The zero-order valence-electron chi connectivity index (χ0n) is 16.9. The molecule has 9 heteroatoms. The SMILES string of the molecule is CN=C(NCCCN1C(=O)COc2ccccc21)NC1CCc2nc(C)nn2C1. The van der Waals surface area contributed by atoms with E-state index >= 15 is 0 Å². The highest BCUT2D eigenvalue weighted by Gasteiger charge is 2.25. The van der Waals surface area contributed by atoms with E-state index in [9.17, 15) is 4.79 Å². The highest BCUT2D eigenvalue weighted by molar-refractivity contribution is 5.97. The van der Waals surface area contributed by atoms with Crippen molar-refractivity contribution in [2.24, 2.45) is 4.99 Å². The van der Waals surface area contributed by atoms with Crippen LogP contribution in [0.25, 0.3) is 0 Å². The highest BCUT2D eigenvalue weighted by Crippen LogP contribution is 2.31. The first kappa shape index (κ1) is 19.2. The second-order valence-electron chi connectivity index (χ2n) is 7.29. The van der Waals surface area contributed by atoms with E-state index in [0.717, 1.165) is 54.9 Å². The van der Waals surface area contributed by atoms with E-state index in [2.05, 4.69) is 25.7 Å². The summed E-state index contributed by atoms with van der Waals surface area (Å²) in [6.45, 7) is 4.15. The summed E-state index contributed by atoms with van der Waals surface area (Å²) in [4.78, 5) is 22.8. The number of rotatable bonds is 5. The Kier molecular flexibility index (Phi) is 5.64. The van der Waals surface area contributed by atoms with Gasteiger partial charge in [-0.05, 0) is 31.9 Å². The number of nitrogens with zero attached hydrogens (tertiary/aromatic N) is 5. The van der Waals surface area contributed by atoms with Gasteiger partial charge < -0.3 is 20.3 Å². The number of aliphatic imine (C=N–C) groups is 1. The van der Waals surface area contributed by atoms with Gasteiger partial charge in [0.05, 0.1) is 12.2 Å². The minimum Gasteiger partial charge on any atom is -0.482 e. The van der Waals surface area contributed by atoms with Crippen molar-refractivity contribution in [3.8, 4) is 5.75 Å². The second-order valence-corrected chi connectivity index (χ2v) is 7.29. The molecule has 0 spiro atoms. The van der Waals surface area contributed by atoms with Crippen LogP contribution in [0, 0.1) is 6.92 Å². The molecule has 1 amide bonds. The normalized spacial score (nSPS) is 18.7. The fourth-order valence-electron chi connectivity index (χ4n) is 3.78. The van der Waals surface area contributed by atoms with Gasteiger partial charge in [0.2, 0.25) is 0 Å². The minimum absolute atomic E-state index is 0.00709. The average Bonchev–Trinajstić information content (AvgIpc) is 3.10. The molecule has 0 aliphatic carbocycles. The number of amides is 1. The standard InChI is InChI=1S/C20H27N7O2/c1-14-23-18-9-8-15(12-27(18)25-14)24-20(21-2)22-10-5-11-26-16-6-3-4-7-17(16)29-13-19(26)28/h3-4,6-7,15H,5,8-13H2,1-2H3,(H2,21,22,24). The van der Waals surface area contributed by atoms with Crippen LogP contribution in [-0.4, -0.2) is 59.4 Å². The maximum absolute atomic E-state index is 12.2. The fourth-order valence-corrected chi connectivity index (χ4v) is 3.78. The first-order chi connectivity index (χ1) is 14.1. The number of carbonyl (C=O) groups excluding carboxylic acids is 1. The molecule has 0 radical (unpaired) electrons. The summed E-state index contributed by atoms with van der Waals surface area (Å²) in [6, 6.07) is 7.92. The van der Waals surface area contributed by atoms with Gasteiger partial charge in [-0.2, -0.15) is 5.10 Å². The number of aryl methyl sites for hydroxylation is 2. The Labute approximate surface area is 170 Å².